The van der Waals surface area contributed by atoms with Crippen LogP contribution in [0.1, 0.15) is 29.1 Å². The van der Waals surface area contributed by atoms with E-state index < -0.39 is 0 Å². The summed E-state index contributed by atoms with van der Waals surface area (Å²) in [5.41, 5.74) is 1.93. The van der Waals surface area contributed by atoms with Crippen LogP contribution in [0.25, 0.3) is 10.2 Å². The number of aryl methyl sites for hydroxylation is 1. The highest BCUT2D eigenvalue weighted by Crippen LogP contribution is 2.34. The molecule has 3 rings (SSSR count). The minimum absolute atomic E-state index is 0.0133. The molecule has 0 radical (unpaired) electrons. The van der Waals surface area contributed by atoms with E-state index in [1.54, 1.807) is 4.90 Å². The molecule has 0 atom stereocenters. The Morgan fingerprint density at radius 2 is 1.93 bits per heavy atom. The van der Waals surface area contributed by atoms with Crippen molar-refractivity contribution in [2.45, 2.75) is 20.8 Å². The zero-order chi connectivity index (χ0) is 19.6. The molecule has 3 aromatic rings. The summed E-state index contributed by atoms with van der Waals surface area (Å²) in [6, 6.07) is 7.59. The lowest BCUT2D eigenvalue weighted by molar-refractivity contribution is 0.0987. The van der Waals surface area contributed by atoms with E-state index in [-0.39, 0.29) is 5.91 Å². The van der Waals surface area contributed by atoms with Crippen LogP contribution in [0.5, 0.6) is 0 Å². The van der Waals surface area contributed by atoms with E-state index in [2.05, 4.69) is 34.7 Å². The number of amides is 1. The Bertz CT molecular complexity index is 952. The fourth-order valence-corrected chi connectivity index (χ4v) is 5.67. The zero-order valence-corrected chi connectivity index (χ0v) is 19.4. The number of aromatic nitrogens is 1. The summed E-state index contributed by atoms with van der Waals surface area (Å²) in [6.45, 7) is 9.58. The van der Waals surface area contributed by atoms with E-state index in [0.717, 1.165) is 44.3 Å². The largest absolute Gasteiger partial charge is 0.302 e. The summed E-state index contributed by atoms with van der Waals surface area (Å²) < 4.78 is 1.95. The molecule has 2 aromatic heterocycles. The fourth-order valence-electron chi connectivity index (χ4n) is 2.89. The SMILES string of the molecule is CCN(CC)CCN(C(=O)c1ccc(Br)s1)c1nc2c(C)cc(Cl)cc2s1. The van der Waals surface area contributed by atoms with E-state index >= 15 is 0 Å². The summed E-state index contributed by atoms with van der Waals surface area (Å²) in [4.78, 5) is 22.8. The van der Waals surface area contributed by atoms with Crippen molar-refractivity contribution >= 4 is 71.5 Å². The second-order valence-corrected chi connectivity index (χ2v) is 10.1. The van der Waals surface area contributed by atoms with Gasteiger partial charge in [-0.15, -0.1) is 11.3 Å². The fraction of sp³-hybridized carbons (Fsp3) is 0.368. The standard InChI is InChI=1S/C19H21BrClN3OS2/c1-4-23(5-2)8-9-24(18(25)14-6-7-16(20)26-14)19-22-17-12(3)10-13(21)11-15(17)27-19/h6-7,10-11H,4-5,8-9H2,1-3H3. The van der Waals surface area contributed by atoms with Crippen molar-refractivity contribution < 1.29 is 4.79 Å². The van der Waals surface area contributed by atoms with Gasteiger partial charge in [0.1, 0.15) is 0 Å². The monoisotopic (exact) mass is 485 g/mol. The highest BCUT2D eigenvalue weighted by molar-refractivity contribution is 9.11. The van der Waals surface area contributed by atoms with E-state index in [1.807, 2.05) is 31.2 Å². The van der Waals surface area contributed by atoms with Gasteiger partial charge in [0, 0.05) is 18.1 Å². The Hall–Kier alpha value is -0.990. The lowest BCUT2D eigenvalue weighted by atomic mass is 10.2. The first kappa shape index (κ1) is 20.7. The Morgan fingerprint density at radius 1 is 1.19 bits per heavy atom. The predicted molar refractivity (Wildman–Crippen MR) is 121 cm³/mol. The van der Waals surface area contributed by atoms with Crippen LogP contribution < -0.4 is 4.90 Å². The van der Waals surface area contributed by atoms with Crippen molar-refractivity contribution in [3.63, 3.8) is 0 Å². The molecule has 0 spiro atoms. The van der Waals surface area contributed by atoms with Crippen LogP contribution in [0.4, 0.5) is 5.13 Å². The molecule has 0 saturated heterocycles. The van der Waals surface area contributed by atoms with Crippen LogP contribution in [0.2, 0.25) is 5.02 Å². The number of thiazole rings is 1. The highest BCUT2D eigenvalue weighted by Gasteiger charge is 2.23. The van der Waals surface area contributed by atoms with Crippen molar-refractivity contribution in [3.8, 4) is 0 Å². The van der Waals surface area contributed by atoms with Crippen LogP contribution in [0.3, 0.4) is 0 Å². The third-order valence-corrected chi connectivity index (χ3v) is 7.29. The second kappa shape index (κ2) is 9.01. The number of halogens is 2. The first-order valence-electron chi connectivity index (χ1n) is 8.79. The van der Waals surface area contributed by atoms with Gasteiger partial charge in [0.05, 0.1) is 18.9 Å². The van der Waals surface area contributed by atoms with Gasteiger partial charge in [0.25, 0.3) is 5.91 Å². The maximum atomic E-state index is 13.2. The molecule has 0 aliphatic carbocycles. The van der Waals surface area contributed by atoms with Gasteiger partial charge in [-0.3, -0.25) is 9.69 Å². The van der Waals surface area contributed by atoms with Crippen molar-refractivity contribution in [1.29, 1.82) is 0 Å². The molecule has 0 aliphatic heterocycles. The maximum Gasteiger partial charge on any atom is 0.270 e. The van der Waals surface area contributed by atoms with Gasteiger partial charge in [-0.05, 0) is 65.8 Å². The average molecular weight is 487 g/mol. The summed E-state index contributed by atoms with van der Waals surface area (Å²) in [7, 11) is 0. The Morgan fingerprint density at radius 3 is 2.56 bits per heavy atom. The van der Waals surface area contributed by atoms with Crippen molar-refractivity contribution in [2.75, 3.05) is 31.1 Å². The summed E-state index contributed by atoms with van der Waals surface area (Å²) in [6.07, 6.45) is 0. The highest BCUT2D eigenvalue weighted by atomic mass is 79.9. The number of rotatable bonds is 7. The van der Waals surface area contributed by atoms with Gasteiger partial charge in [-0.2, -0.15) is 0 Å². The molecule has 2 heterocycles. The van der Waals surface area contributed by atoms with Gasteiger partial charge >= 0.3 is 0 Å². The maximum absolute atomic E-state index is 13.2. The number of carbonyl (C=O) groups is 1. The quantitative estimate of drug-likeness (QED) is 0.406. The molecular formula is C19H21BrClN3OS2. The minimum Gasteiger partial charge on any atom is -0.302 e. The molecule has 8 heteroatoms. The van der Waals surface area contributed by atoms with Gasteiger partial charge < -0.3 is 4.90 Å². The number of thiophene rings is 1. The average Bonchev–Trinajstić information content (AvgIpc) is 3.25. The van der Waals surface area contributed by atoms with Crippen molar-refractivity contribution in [1.82, 2.24) is 9.88 Å². The van der Waals surface area contributed by atoms with E-state index in [9.17, 15) is 4.79 Å². The van der Waals surface area contributed by atoms with Gasteiger partial charge in [0.2, 0.25) is 0 Å². The lowest BCUT2D eigenvalue weighted by Crippen LogP contribution is -2.38. The Labute approximate surface area is 180 Å². The number of hydrogen-bond donors (Lipinski definition) is 0. The molecule has 0 saturated carbocycles. The van der Waals surface area contributed by atoms with Crippen LogP contribution >= 0.6 is 50.2 Å². The lowest BCUT2D eigenvalue weighted by Gasteiger charge is -2.24. The zero-order valence-electron chi connectivity index (χ0n) is 15.5. The Balaban J connectivity index is 1.98. The van der Waals surface area contributed by atoms with Crippen LogP contribution in [-0.4, -0.2) is 42.0 Å². The molecule has 1 aromatic carbocycles. The molecule has 27 heavy (non-hydrogen) atoms. The molecule has 4 nitrogen and oxygen atoms in total. The van der Waals surface area contributed by atoms with Crippen LogP contribution in [0.15, 0.2) is 28.1 Å². The summed E-state index contributed by atoms with van der Waals surface area (Å²) in [5.74, 6) is -0.0133. The first-order chi connectivity index (χ1) is 12.9. The number of nitrogens with zero attached hydrogens (tertiary/aromatic N) is 3. The van der Waals surface area contributed by atoms with E-state index in [1.165, 1.54) is 22.7 Å². The number of likely N-dealkylation sites (N-methyl/N-ethyl adjacent to an activating group) is 1. The topological polar surface area (TPSA) is 36.4 Å². The van der Waals surface area contributed by atoms with E-state index in [4.69, 9.17) is 16.6 Å². The molecule has 0 unspecified atom stereocenters. The van der Waals surface area contributed by atoms with Crippen molar-refractivity contribution in [3.05, 3.63) is 43.5 Å². The number of carbonyl (C=O) groups excluding carboxylic acids is 1. The third kappa shape index (κ3) is 4.71. The number of fused-ring (bicyclic) bond motifs is 1. The summed E-state index contributed by atoms with van der Waals surface area (Å²) >= 11 is 12.6. The van der Waals surface area contributed by atoms with Gasteiger partial charge in [0.15, 0.2) is 5.13 Å². The minimum atomic E-state index is -0.0133. The first-order valence-corrected chi connectivity index (χ1v) is 11.6. The second-order valence-electron chi connectivity index (χ2n) is 6.15. The van der Waals surface area contributed by atoms with Gasteiger partial charge in [-0.25, -0.2) is 4.98 Å². The smallest absolute Gasteiger partial charge is 0.270 e. The predicted octanol–water partition coefficient (Wildman–Crippen LogP) is 6.07. The van der Waals surface area contributed by atoms with Gasteiger partial charge in [-0.1, -0.05) is 36.8 Å². The summed E-state index contributed by atoms with van der Waals surface area (Å²) in [5, 5.41) is 1.41. The number of benzene rings is 1. The van der Waals surface area contributed by atoms with Crippen molar-refractivity contribution in [2.24, 2.45) is 0 Å². The molecule has 144 valence electrons. The van der Waals surface area contributed by atoms with Crippen LogP contribution in [-0.2, 0) is 0 Å². The third-order valence-electron chi connectivity index (χ3n) is 4.43. The molecule has 0 N–H and O–H groups in total. The van der Waals surface area contributed by atoms with Crippen LogP contribution in [0, 0.1) is 6.92 Å². The normalized spacial score (nSPS) is 11.5. The molecular weight excluding hydrogens is 466 g/mol. The Kier molecular flexibility index (Phi) is 6.92. The number of anilines is 1. The molecule has 0 bridgehead atoms. The molecule has 1 amide bonds. The molecule has 0 aliphatic rings. The number of hydrogen-bond acceptors (Lipinski definition) is 5. The van der Waals surface area contributed by atoms with E-state index in [0.29, 0.717) is 16.4 Å². The molecule has 0 fully saturated rings.